The van der Waals surface area contributed by atoms with E-state index in [9.17, 15) is 19.8 Å². The zero-order valence-corrected chi connectivity index (χ0v) is 15.3. The number of hydrogen-bond acceptors (Lipinski definition) is 5. The molecule has 7 nitrogen and oxygen atoms in total. The minimum Gasteiger partial charge on any atom is -0.504 e. The third kappa shape index (κ3) is 2.58. The molecule has 0 radical (unpaired) electrons. The lowest BCUT2D eigenvalue weighted by molar-refractivity contribution is 0.0694. The quantitative estimate of drug-likeness (QED) is 0.746. The van der Waals surface area contributed by atoms with Gasteiger partial charge in [-0.15, -0.1) is 0 Å². The maximum atomic E-state index is 15.1. The Balaban J connectivity index is 1.70. The molecule has 5 rings (SSSR count). The van der Waals surface area contributed by atoms with Crippen molar-refractivity contribution in [2.45, 2.75) is 37.8 Å². The first-order valence-corrected chi connectivity index (χ1v) is 9.77. The van der Waals surface area contributed by atoms with Gasteiger partial charge in [0.1, 0.15) is 11.3 Å². The van der Waals surface area contributed by atoms with Gasteiger partial charge in [0.2, 0.25) is 5.43 Å². The van der Waals surface area contributed by atoms with E-state index in [1.165, 1.54) is 6.20 Å². The van der Waals surface area contributed by atoms with Crippen LogP contribution in [-0.2, 0) is 0 Å². The van der Waals surface area contributed by atoms with Gasteiger partial charge in [-0.3, -0.25) is 4.79 Å². The minimum atomic E-state index is -1.35. The largest absolute Gasteiger partial charge is 0.504 e. The summed E-state index contributed by atoms with van der Waals surface area (Å²) in [5, 5.41) is 23.8. The highest BCUT2D eigenvalue weighted by atomic mass is 19.1. The fourth-order valence-corrected chi connectivity index (χ4v) is 4.78. The molecule has 3 N–H and O–H groups in total. The molecule has 3 aliphatic rings. The fourth-order valence-electron chi connectivity index (χ4n) is 4.78. The molecule has 148 valence electrons. The number of carboxylic acids is 1. The molecular formula is C20H22FN3O4. The van der Waals surface area contributed by atoms with Crippen LogP contribution in [0.3, 0.4) is 0 Å². The Morgan fingerprint density at radius 1 is 1.25 bits per heavy atom. The van der Waals surface area contributed by atoms with E-state index < -0.39 is 22.8 Å². The number of aromatic hydroxyl groups is 1. The number of carbonyl (C=O) groups is 1. The van der Waals surface area contributed by atoms with E-state index in [4.69, 9.17) is 0 Å². The average molecular weight is 387 g/mol. The summed E-state index contributed by atoms with van der Waals surface area (Å²) in [4.78, 5) is 25.9. The van der Waals surface area contributed by atoms with Crippen LogP contribution >= 0.6 is 0 Å². The summed E-state index contributed by atoms with van der Waals surface area (Å²) in [6, 6.07) is 1.38. The number of phenols is 1. The zero-order chi connectivity index (χ0) is 19.6. The Morgan fingerprint density at radius 2 is 2.04 bits per heavy atom. The van der Waals surface area contributed by atoms with Crippen molar-refractivity contribution >= 4 is 22.6 Å². The van der Waals surface area contributed by atoms with Crippen LogP contribution in [0.5, 0.6) is 5.75 Å². The third-order valence-corrected chi connectivity index (χ3v) is 6.30. The second-order valence-electron chi connectivity index (χ2n) is 8.14. The number of piperidine rings is 1. The van der Waals surface area contributed by atoms with Gasteiger partial charge in [-0.05, 0) is 44.2 Å². The lowest BCUT2D eigenvalue weighted by Gasteiger charge is -2.24. The monoisotopic (exact) mass is 387 g/mol. The maximum absolute atomic E-state index is 15.1. The Labute approximate surface area is 160 Å². The first-order chi connectivity index (χ1) is 13.5. The van der Waals surface area contributed by atoms with Crippen LogP contribution in [0, 0.1) is 11.7 Å². The second-order valence-corrected chi connectivity index (χ2v) is 8.14. The van der Waals surface area contributed by atoms with Gasteiger partial charge in [0.15, 0.2) is 11.6 Å². The summed E-state index contributed by atoms with van der Waals surface area (Å²) in [7, 11) is 0. The average Bonchev–Trinajstić information content (AvgIpc) is 3.41. The number of hydrogen-bond donors (Lipinski definition) is 3. The number of halogens is 1. The van der Waals surface area contributed by atoms with Gasteiger partial charge in [0, 0.05) is 31.4 Å². The van der Waals surface area contributed by atoms with Crippen LogP contribution in [0.1, 0.15) is 42.1 Å². The molecule has 2 aromatic rings. The van der Waals surface area contributed by atoms with Crippen molar-refractivity contribution in [2.75, 3.05) is 24.5 Å². The topological polar surface area (TPSA) is 94.8 Å². The molecule has 2 aliphatic heterocycles. The molecule has 3 heterocycles. The number of fused-ring (bicyclic) bond motifs is 2. The number of nitrogens with zero attached hydrogens (tertiary/aromatic N) is 2. The van der Waals surface area contributed by atoms with Crippen LogP contribution in [0.4, 0.5) is 10.1 Å². The van der Waals surface area contributed by atoms with Crippen molar-refractivity contribution < 1.29 is 19.4 Å². The number of benzene rings is 1. The predicted molar refractivity (Wildman–Crippen MR) is 102 cm³/mol. The van der Waals surface area contributed by atoms with Crippen molar-refractivity contribution in [1.82, 2.24) is 9.88 Å². The Bertz CT molecular complexity index is 1030. The number of pyridine rings is 1. The summed E-state index contributed by atoms with van der Waals surface area (Å²) in [6.07, 6.45) is 5.11. The molecule has 0 spiro atoms. The van der Waals surface area contributed by atoms with E-state index in [-0.39, 0.29) is 34.4 Å². The molecule has 3 fully saturated rings. The highest BCUT2D eigenvalue weighted by Gasteiger charge is 2.37. The van der Waals surface area contributed by atoms with Crippen molar-refractivity contribution in [1.29, 1.82) is 0 Å². The van der Waals surface area contributed by atoms with Crippen LogP contribution in [0.25, 0.3) is 10.9 Å². The molecule has 0 bridgehead atoms. The molecule has 1 aromatic carbocycles. The second kappa shape index (κ2) is 6.20. The molecule has 8 heteroatoms. The molecule has 1 aromatic heterocycles. The summed E-state index contributed by atoms with van der Waals surface area (Å²) >= 11 is 0. The number of nitrogens with one attached hydrogen (secondary N) is 1. The summed E-state index contributed by atoms with van der Waals surface area (Å²) in [6.45, 7) is 2.19. The number of rotatable bonds is 3. The van der Waals surface area contributed by atoms with Gasteiger partial charge in [-0.25, -0.2) is 9.18 Å². The van der Waals surface area contributed by atoms with Crippen molar-refractivity contribution in [3.63, 3.8) is 0 Å². The maximum Gasteiger partial charge on any atom is 0.341 e. The Kier molecular flexibility index (Phi) is 3.87. The van der Waals surface area contributed by atoms with Crippen molar-refractivity contribution in [2.24, 2.45) is 5.92 Å². The van der Waals surface area contributed by atoms with Crippen LogP contribution in [-0.4, -0.2) is 46.4 Å². The van der Waals surface area contributed by atoms with Crippen LogP contribution < -0.4 is 15.6 Å². The number of aromatic nitrogens is 1. The molecule has 2 atom stereocenters. The van der Waals surface area contributed by atoms with Gasteiger partial charge in [-0.1, -0.05) is 0 Å². The number of phenolic OH excluding ortho intramolecular Hbond substituents is 1. The highest BCUT2D eigenvalue weighted by molar-refractivity contribution is 5.97. The molecule has 0 amide bonds. The van der Waals surface area contributed by atoms with Crippen molar-refractivity contribution in [3.8, 4) is 5.75 Å². The first kappa shape index (κ1) is 17.5. The van der Waals surface area contributed by atoms with E-state index in [0.29, 0.717) is 19.0 Å². The lowest BCUT2D eigenvalue weighted by Crippen LogP contribution is -2.40. The number of aromatic carboxylic acids is 1. The molecule has 28 heavy (non-hydrogen) atoms. The third-order valence-electron chi connectivity index (χ3n) is 6.30. The van der Waals surface area contributed by atoms with Crippen LogP contribution in [0.2, 0.25) is 0 Å². The lowest BCUT2D eigenvalue weighted by atomic mass is 9.94. The Morgan fingerprint density at radius 3 is 2.71 bits per heavy atom. The van der Waals surface area contributed by atoms with Gasteiger partial charge < -0.3 is 25.0 Å². The summed E-state index contributed by atoms with van der Waals surface area (Å²) in [5.74, 6) is -1.90. The summed E-state index contributed by atoms with van der Waals surface area (Å²) in [5.41, 5.74) is -0.823. The van der Waals surface area contributed by atoms with Gasteiger partial charge in [0.25, 0.3) is 0 Å². The Hall–Kier alpha value is -2.61. The molecular weight excluding hydrogens is 365 g/mol. The van der Waals surface area contributed by atoms with Gasteiger partial charge >= 0.3 is 5.97 Å². The molecule has 2 saturated heterocycles. The highest BCUT2D eigenvalue weighted by Crippen LogP contribution is 2.44. The number of carboxylic acid groups (broad SMARTS) is 1. The first-order valence-electron chi connectivity index (χ1n) is 9.77. The van der Waals surface area contributed by atoms with Gasteiger partial charge in [0.05, 0.1) is 10.9 Å². The van der Waals surface area contributed by atoms with E-state index in [1.54, 1.807) is 4.57 Å². The van der Waals surface area contributed by atoms with E-state index in [1.807, 2.05) is 4.90 Å². The summed E-state index contributed by atoms with van der Waals surface area (Å²) < 4.78 is 16.7. The van der Waals surface area contributed by atoms with E-state index in [2.05, 4.69) is 5.32 Å². The normalized spacial score (nSPS) is 24.5. The SMILES string of the molecule is O=C(O)c1cn(C2CC2)c2c(O)c(N3C[C@@H]4CCCN[C@@H]4C3)c(F)cc2c1=O. The fraction of sp³-hybridized carbons (Fsp3) is 0.500. The van der Waals surface area contributed by atoms with Crippen LogP contribution in [0.15, 0.2) is 17.1 Å². The molecule has 1 aliphatic carbocycles. The predicted octanol–water partition coefficient (Wildman–Crippen LogP) is 2.07. The van der Waals surface area contributed by atoms with Gasteiger partial charge in [-0.2, -0.15) is 0 Å². The minimum absolute atomic E-state index is 0.0215. The van der Waals surface area contributed by atoms with Crippen molar-refractivity contribution in [3.05, 3.63) is 33.9 Å². The molecule has 0 unspecified atom stereocenters. The standard InChI is InChI=1S/C20H22FN3O4/c21-14-6-12-16(24(11-3-4-11)8-13(18(12)25)20(27)28)19(26)17(14)23-7-10-2-1-5-22-15(10)9-23/h6,8,10-11,15,22,26H,1-5,7,9H2,(H,27,28)/t10-,15+/m0/s1. The zero-order valence-electron chi connectivity index (χ0n) is 15.3. The molecule has 1 saturated carbocycles. The smallest absolute Gasteiger partial charge is 0.341 e. The van der Waals surface area contributed by atoms with E-state index >= 15 is 4.39 Å². The van der Waals surface area contributed by atoms with E-state index in [0.717, 1.165) is 38.3 Å². The number of anilines is 1.